The number of nitrogens with zero attached hydrogens (tertiary/aromatic N) is 1. The van der Waals surface area contributed by atoms with Gasteiger partial charge in [0.15, 0.2) is 0 Å². The average molecular weight is 389 g/mol. The van der Waals surface area contributed by atoms with Crippen LogP contribution in [0.4, 0.5) is 0 Å². The van der Waals surface area contributed by atoms with Crippen LogP contribution in [-0.2, 0) is 21.3 Å². The molecule has 0 saturated carbocycles. The highest BCUT2D eigenvalue weighted by molar-refractivity contribution is 7.89. The third-order valence-electron chi connectivity index (χ3n) is 3.99. The van der Waals surface area contributed by atoms with Crippen molar-refractivity contribution in [3.63, 3.8) is 0 Å². The summed E-state index contributed by atoms with van der Waals surface area (Å²) in [6, 6.07) is 11.6. The molecule has 2 aromatic carbocycles. The number of methoxy groups -OCH3 is 1. The predicted octanol–water partition coefficient (Wildman–Crippen LogP) is 3.17. The van der Waals surface area contributed by atoms with Crippen molar-refractivity contribution in [2.75, 3.05) is 20.8 Å². The van der Waals surface area contributed by atoms with Crippen molar-refractivity contribution in [1.82, 2.24) is 4.31 Å². The number of sulfonamides is 1. The minimum atomic E-state index is -3.78. The van der Waals surface area contributed by atoms with Crippen LogP contribution in [0.1, 0.15) is 21.5 Å². The first-order valence-electron chi connectivity index (χ1n) is 8.27. The Kier molecular flexibility index (Phi) is 6.76. The second-order valence-electron chi connectivity index (χ2n) is 5.98. The fraction of sp³-hybridized carbons (Fsp3) is 0.250. The smallest absolute Gasteiger partial charge is 0.338 e. The molecule has 27 heavy (non-hydrogen) atoms. The van der Waals surface area contributed by atoms with E-state index in [2.05, 4.69) is 6.58 Å². The van der Waals surface area contributed by atoms with Crippen LogP contribution in [-0.4, -0.2) is 39.5 Å². The van der Waals surface area contributed by atoms with Gasteiger partial charge < -0.3 is 9.47 Å². The number of ether oxygens (including phenoxy) is 2. The van der Waals surface area contributed by atoms with Crippen molar-refractivity contribution in [3.8, 4) is 5.75 Å². The Labute approximate surface area is 160 Å². The standard InChI is InChI=1S/C20H23NO5S/c1-5-11-26-17-8-6-7-16(12-17)14-21(3)27(23,24)18-10-9-15(2)19(13-18)20(22)25-4/h5-10,12-13H,1,11,14H2,2-4H3. The molecule has 0 aliphatic rings. The minimum Gasteiger partial charge on any atom is -0.490 e. The van der Waals surface area contributed by atoms with E-state index in [0.29, 0.717) is 17.9 Å². The van der Waals surface area contributed by atoms with Crippen molar-refractivity contribution in [1.29, 1.82) is 0 Å². The predicted molar refractivity (Wildman–Crippen MR) is 103 cm³/mol. The van der Waals surface area contributed by atoms with Crippen LogP contribution in [0.25, 0.3) is 0 Å². The van der Waals surface area contributed by atoms with E-state index in [1.807, 2.05) is 6.07 Å². The molecule has 0 saturated heterocycles. The second-order valence-corrected chi connectivity index (χ2v) is 8.02. The maximum Gasteiger partial charge on any atom is 0.338 e. The van der Waals surface area contributed by atoms with Crippen LogP contribution in [0.15, 0.2) is 60.0 Å². The molecule has 0 N–H and O–H groups in total. The van der Waals surface area contributed by atoms with E-state index in [1.54, 1.807) is 37.3 Å². The molecule has 0 amide bonds. The van der Waals surface area contributed by atoms with Crippen LogP contribution in [0.3, 0.4) is 0 Å². The molecule has 0 radical (unpaired) electrons. The monoisotopic (exact) mass is 389 g/mol. The highest BCUT2D eigenvalue weighted by Gasteiger charge is 2.23. The number of rotatable bonds is 8. The van der Waals surface area contributed by atoms with E-state index in [-0.39, 0.29) is 17.0 Å². The van der Waals surface area contributed by atoms with Gasteiger partial charge in [-0.05, 0) is 42.3 Å². The Morgan fingerprint density at radius 3 is 2.63 bits per heavy atom. The Balaban J connectivity index is 2.26. The summed E-state index contributed by atoms with van der Waals surface area (Å²) in [6.45, 7) is 5.86. The summed E-state index contributed by atoms with van der Waals surface area (Å²) < 4.78 is 37.2. The molecule has 0 aromatic heterocycles. The van der Waals surface area contributed by atoms with Crippen molar-refractivity contribution in [3.05, 3.63) is 71.8 Å². The zero-order chi connectivity index (χ0) is 20.0. The third-order valence-corrected chi connectivity index (χ3v) is 5.79. The molecule has 0 spiro atoms. The Morgan fingerprint density at radius 1 is 1.22 bits per heavy atom. The molecule has 144 valence electrons. The van der Waals surface area contributed by atoms with Gasteiger partial charge in [0.2, 0.25) is 10.0 Å². The van der Waals surface area contributed by atoms with E-state index in [1.165, 1.54) is 30.6 Å². The molecule has 0 atom stereocenters. The summed E-state index contributed by atoms with van der Waals surface area (Å²) in [4.78, 5) is 11.9. The van der Waals surface area contributed by atoms with E-state index in [9.17, 15) is 13.2 Å². The molecule has 6 nitrogen and oxygen atoms in total. The maximum absolute atomic E-state index is 12.9. The molecule has 2 aromatic rings. The topological polar surface area (TPSA) is 72.9 Å². The molecule has 0 fully saturated rings. The first-order valence-corrected chi connectivity index (χ1v) is 9.71. The maximum atomic E-state index is 12.9. The summed E-state index contributed by atoms with van der Waals surface area (Å²) in [5.74, 6) is 0.0702. The van der Waals surface area contributed by atoms with Crippen LogP contribution in [0, 0.1) is 6.92 Å². The Bertz CT molecular complexity index is 937. The van der Waals surface area contributed by atoms with Crippen molar-refractivity contribution >= 4 is 16.0 Å². The summed E-state index contributed by atoms with van der Waals surface area (Å²) >= 11 is 0. The lowest BCUT2D eigenvalue weighted by Gasteiger charge is -2.18. The Hall–Kier alpha value is -2.64. The summed E-state index contributed by atoms with van der Waals surface area (Å²) in [7, 11) is -1.03. The fourth-order valence-electron chi connectivity index (χ4n) is 2.50. The quantitative estimate of drug-likeness (QED) is 0.512. The van der Waals surface area contributed by atoms with Gasteiger partial charge in [0, 0.05) is 13.6 Å². The van der Waals surface area contributed by atoms with Gasteiger partial charge in [0.25, 0.3) is 0 Å². The lowest BCUT2D eigenvalue weighted by atomic mass is 10.1. The molecule has 0 heterocycles. The lowest BCUT2D eigenvalue weighted by Crippen LogP contribution is -2.26. The first-order chi connectivity index (χ1) is 12.8. The van der Waals surface area contributed by atoms with Gasteiger partial charge in [-0.15, -0.1) is 0 Å². The van der Waals surface area contributed by atoms with Crippen LogP contribution in [0.5, 0.6) is 5.75 Å². The number of carbonyl (C=O) groups excluding carboxylic acids is 1. The number of hydrogen-bond acceptors (Lipinski definition) is 5. The fourth-order valence-corrected chi connectivity index (χ4v) is 3.69. The van der Waals surface area contributed by atoms with Gasteiger partial charge in [-0.2, -0.15) is 4.31 Å². The normalized spacial score (nSPS) is 11.3. The first kappa shape index (κ1) is 20.7. The van der Waals surface area contributed by atoms with Gasteiger partial charge in [0.05, 0.1) is 17.6 Å². The molecule has 0 unspecified atom stereocenters. The van der Waals surface area contributed by atoms with Crippen molar-refractivity contribution in [2.24, 2.45) is 0 Å². The van der Waals surface area contributed by atoms with Crippen LogP contribution in [0.2, 0.25) is 0 Å². The van der Waals surface area contributed by atoms with Gasteiger partial charge >= 0.3 is 5.97 Å². The summed E-state index contributed by atoms with van der Waals surface area (Å²) in [5, 5.41) is 0. The number of esters is 1. The van der Waals surface area contributed by atoms with E-state index in [0.717, 1.165) is 5.56 Å². The molecular formula is C20H23NO5S. The van der Waals surface area contributed by atoms with Gasteiger partial charge in [-0.3, -0.25) is 0 Å². The number of benzene rings is 2. The SMILES string of the molecule is C=CCOc1cccc(CN(C)S(=O)(=O)c2ccc(C)c(C(=O)OC)c2)c1. The molecule has 0 aliphatic heterocycles. The third kappa shape index (κ3) is 4.96. The molecule has 2 rings (SSSR count). The molecule has 0 aliphatic carbocycles. The molecular weight excluding hydrogens is 366 g/mol. The number of hydrogen-bond donors (Lipinski definition) is 0. The number of aryl methyl sites for hydroxylation is 1. The zero-order valence-corrected chi connectivity index (χ0v) is 16.5. The largest absolute Gasteiger partial charge is 0.490 e. The van der Waals surface area contributed by atoms with Gasteiger partial charge in [-0.25, -0.2) is 13.2 Å². The lowest BCUT2D eigenvalue weighted by molar-refractivity contribution is 0.0599. The van der Waals surface area contributed by atoms with Gasteiger partial charge in [0.1, 0.15) is 12.4 Å². The Morgan fingerprint density at radius 2 is 1.96 bits per heavy atom. The van der Waals surface area contributed by atoms with E-state index >= 15 is 0 Å². The number of carbonyl (C=O) groups is 1. The highest BCUT2D eigenvalue weighted by Crippen LogP contribution is 2.22. The van der Waals surface area contributed by atoms with Crippen molar-refractivity contribution < 1.29 is 22.7 Å². The molecule has 7 heteroatoms. The van der Waals surface area contributed by atoms with E-state index in [4.69, 9.17) is 9.47 Å². The van der Waals surface area contributed by atoms with Crippen LogP contribution < -0.4 is 4.74 Å². The van der Waals surface area contributed by atoms with Crippen LogP contribution >= 0.6 is 0 Å². The second kappa shape index (κ2) is 8.83. The van der Waals surface area contributed by atoms with Crippen molar-refractivity contribution in [2.45, 2.75) is 18.4 Å². The molecule has 0 bridgehead atoms. The highest BCUT2D eigenvalue weighted by atomic mass is 32.2. The van der Waals surface area contributed by atoms with E-state index < -0.39 is 16.0 Å². The average Bonchev–Trinajstić information content (AvgIpc) is 2.66. The van der Waals surface area contributed by atoms with Gasteiger partial charge in [-0.1, -0.05) is 30.9 Å². The summed E-state index contributed by atoms with van der Waals surface area (Å²) in [6.07, 6.45) is 1.64. The zero-order valence-electron chi connectivity index (χ0n) is 15.6. The minimum absolute atomic E-state index is 0.0371. The summed E-state index contributed by atoms with van der Waals surface area (Å²) in [5.41, 5.74) is 1.66.